The second kappa shape index (κ2) is 8.70. The summed E-state index contributed by atoms with van der Waals surface area (Å²) in [5, 5.41) is 7.19. The predicted molar refractivity (Wildman–Crippen MR) is 121 cm³/mol. The number of aromatic nitrogens is 8. The number of aryl methyl sites for hydroxylation is 2. The van der Waals surface area contributed by atoms with E-state index in [4.69, 9.17) is 0 Å². The standard InChI is InChI=1S/C22H21F3N10O/c1-12-8-27-21(31-16-5-7-28-33(16)3)32-17(12)15-11-34-9-13(2)35(19(36)18(34)30-15)10-14-4-6-26-20(29-14)22(23,24)25/h4-8,11,13H,9-10H2,1-3H3,(H,27,31,32). The molecule has 0 saturated carbocycles. The van der Waals surface area contributed by atoms with Crippen molar-refractivity contribution in [2.45, 2.75) is 39.2 Å². The minimum Gasteiger partial charge on any atom is -0.326 e. The second-order valence-electron chi connectivity index (χ2n) is 8.44. The summed E-state index contributed by atoms with van der Waals surface area (Å²) in [6.45, 7) is 3.97. The summed E-state index contributed by atoms with van der Waals surface area (Å²) < 4.78 is 42.4. The molecule has 0 spiro atoms. The monoisotopic (exact) mass is 498 g/mol. The number of amides is 1. The maximum absolute atomic E-state index is 13.3. The molecule has 0 bridgehead atoms. The number of hydrogen-bond donors (Lipinski definition) is 1. The maximum Gasteiger partial charge on any atom is 0.451 e. The van der Waals surface area contributed by atoms with Crippen LogP contribution in [0, 0.1) is 6.92 Å². The van der Waals surface area contributed by atoms with Gasteiger partial charge in [0.2, 0.25) is 11.8 Å². The highest BCUT2D eigenvalue weighted by atomic mass is 19.4. The third-order valence-corrected chi connectivity index (χ3v) is 5.80. The largest absolute Gasteiger partial charge is 0.451 e. The van der Waals surface area contributed by atoms with Crippen LogP contribution in [0.15, 0.2) is 36.9 Å². The number of imidazole rings is 1. The topological polar surface area (TPSA) is 120 Å². The first-order valence-electron chi connectivity index (χ1n) is 11.0. The van der Waals surface area contributed by atoms with Crippen molar-refractivity contribution in [3.63, 3.8) is 0 Å². The number of anilines is 2. The molecular weight excluding hydrogens is 477 g/mol. The average molecular weight is 498 g/mol. The molecule has 0 radical (unpaired) electrons. The molecule has 1 N–H and O–H groups in total. The van der Waals surface area contributed by atoms with Crippen LogP contribution in [0.1, 0.15) is 34.6 Å². The number of halogens is 3. The number of alkyl halides is 3. The summed E-state index contributed by atoms with van der Waals surface area (Å²) in [7, 11) is 1.78. The molecule has 0 aliphatic carbocycles. The molecule has 0 fully saturated rings. The van der Waals surface area contributed by atoms with E-state index in [0.29, 0.717) is 29.7 Å². The van der Waals surface area contributed by atoms with Gasteiger partial charge in [0.15, 0.2) is 5.82 Å². The number of hydrogen-bond acceptors (Lipinski definition) is 8. The first-order chi connectivity index (χ1) is 17.1. The van der Waals surface area contributed by atoms with Crippen molar-refractivity contribution in [2.75, 3.05) is 5.32 Å². The Morgan fingerprint density at radius 3 is 2.67 bits per heavy atom. The molecule has 5 heterocycles. The molecule has 186 valence electrons. The number of fused-ring (bicyclic) bond motifs is 1. The molecule has 36 heavy (non-hydrogen) atoms. The zero-order chi connectivity index (χ0) is 25.6. The van der Waals surface area contributed by atoms with Gasteiger partial charge in [-0.1, -0.05) is 0 Å². The molecule has 14 heteroatoms. The van der Waals surface area contributed by atoms with Crippen molar-refractivity contribution in [1.29, 1.82) is 0 Å². The second-order valence-corrected chi connectivity index (χ2v) is 8.44. The van der Waals surface area contributed by atoms with Gasteiger partial charge in [-0.05, 0) is 25.5 Å². The molecule has 4 aromatic rings. The van der Waals surface area contributed by atoms with Crippen LogP contribution in [0.2, 0.25) is 0 Å². The number of carbonyl (C=O) groups is 1. The van der Waals surface area contributed by atoms with E-state index in [1.54, 1.807) is 41.0 Å². The highest BCUT2D eigenvalue weighted by Crippen LogP contribution is 2.28. The molecule has 1 aliphatic rings. The van der Waals surface area contributed by atoms with Gasteiger partial charge in [0.05, 0.1) is 24.1 Å². The molecule has 5 rings (SSSR count). The molecule has 0 aromatic carbocycles. The van der Waals surface area contributed by atoms with Crippen LogP contribution >= 0.6 is 0 Å². The van der Waals surface area contributed by atoms with Crippen molar-refractivity contribution in [3.05, 3.63) is 59.8 Å². The van der Waals surface area contributed by atoms with E-state index >= 15 is 0 Å². The van der Waals surface area contributed by atoms with Gasteiger partial charge >= 0.3 is 6.18 Å². The molecule has 11 nitrogen and oxygen atoms in total. The van der Waals surface area contributed by atoms with Crippen molar-refractivity contribution >= 4 is 17.7 Å². The zero-order valence-corrected chi connectivity index (χ0v) is 19.5. The SMILES string of the molecule is Cc1cnc(Nc2ccnn2C)nc1-c1cn2c(n1)C(=O)N(Cc1ccnc(C(F)(F)F)n1)C(C)C2. The van der Waals surface area contributed by atoms with Crippen molar-refractivity contribution in [1.82, 2.24) is 44.2 Å². The molecule has 1 amide bonds. The van der Waals surface area contributed by atoms with Crippen LogP contribution in [-0.2, 0) is 26.3 Å². The molecule has 1 atom stereocenters. The fourth-order valence-electron chi connectivity index (χ4n) is 3.95. The third-order valence-electron chi connectivity index (χ3n) is 5.80. The zero-order valence-electron chi connectivity index (χ0n) is 19.5. The van der Waals surface area contributed by atoms with Gasteiger partial charge < -0.3 is 14.8 Å². The Bertz CT molecular complexity index is 1440. The normalized spacial score (nSPS) is 15.8. The Balaban J connectivity index is 1.42. The van der Waals surface area contributed by atoms with Crippen molar-refractivity contribution < 1.29 is 18.0 Å². The highest BCUT2D eigenvalue weighted by Gasteiger charge is 2.36. The Morgan fingerprint density at radius 2 is 1.94 bits per heavy atom. The van der Waals surface area contributed by atoms with E-state index in [1.165, 1.54) is 11.0 Å². The first kappa shape index (κ1) is 23.4. The lowest BCUT2D eigenvalue weighted by molar-refractivity contribution is -0.145. The summed E-state index contributed by atoms with van der Waals surface area (Å²) >= 11 is 0. The van der Waals surface area contributed by atoms with E-state index in [1.807, 2.05) is 13.8 Å². The molecule has 4 aromatic heterocycles. The van der Waals surface area contributed by atoms with E-state index in [0.717, 1.165) is 11.8 Å². The van der Waals surface area contributed by atoms with Crippen LogP contribution in [0.5, 0.6) is 0 Å². The Labute approximate surface area is 203 Å². The quantitative estimate of drug-likeness (QED) is 0.446. The van der Waals surface area contributed by atoms with E-state index in [2.05, 4.69) is 35.3 Å². The molecular formula is C22H21F3N10O. The first-order valence-corrected chi connectivity index (χ1v) is 11.0. The van der Waals surface area contributed by atoms with Gasteiger partial charge in [0.1, 0.15) is 11.5 Å². The summed E-state index contributed by atoms with van der Waals surface area (Å²) in [4.78, 5) is 35.0. The van der Waals surface area contributed by atoms with Crippen LogP contribution in [0.4, 0.5) is 24.9 Å². The van der Waals surface area contributed by atoms with Crippen LogP contribution < -0.4 is 5.32 Å². The summed E-state index contributed by atoms with van der Waals surface area (Å²) in [5.74, 6) is -0.433. The Morgan fingerprint density at radius 1 is 1.14 bits per heavy atom. The lowest BCUT2D eigenvalue weighted by atomic mass is 10.2. The maximum atomic E-state index is 13.3. The van der Waals surface area contributed by atoms with E-state index < -0.39 is 17.9 Å². The summed E-state index contributed by atoms with van der Waals surface area (Å²) in [6.07, 6.45) is 1.42. The third kappa shape index (κ3) is 4.36. The van der Waals surface area contributed by atoms with Gasteiger partial charge in [-0.3, -0.25) is 9.48 Å². The van der Waals surface area contributed by atoms with Crippen LogP contribution in [-0.4, -0.2) is 56.1 Å². The molecule has 1 unspecified atom stereocenters. The fraction of sp³-hybridized carbons (Fsp3) is 0.318. The highest BCUT2D eigenvalue weighted by molar-refractivity contribution is 5.92. The predicted octanol–water partition coefficient (Wildman–Crippen LogP) is 2.98. The number of nitrogens with one attached hydrogen (secondary N) is 1. The minimum atomic E-state index is -4.67. The van der Waals surface area contributed by atoms with Gasteiger partial charge in [-0.15, -0.1) is 0 Å². The van der Waals surface area contributed by atoms with Gasteiger partial charge in [-0.2, -0.15) is 18.3 Å². The van der Waals surface area contributed by atoms with E-state index in [9.17, 15) is 18.0 Å². The molecule has 0 saturated heterocycles. The van der Waals surface area contributed by atoms with Gasteiger partial charge in [-0.25, -0.2) is 24.9 Å². The number of nitrogens with zero attached hydrogens (tertiary/aromatic N) is 9. The Hall–Kier alpha value is -4.36. The summed E-state index contributed by atoms with van der Waals surface area (Å²) in [5.41, 5.74) is 1.89. The number of carbonyl (C=O) groups excluding carboxylic acids is 1. The van der Waals surface area contributed by atoms with Gasteiger partial charge in [0, 0.05) is 44.3 Å². The number of rotatable bonds is 5. The summed E-state index contributed by atoms with van der Waals surface area (Å²) in [6, 6.07) is 2.84. The van der Waals surface area contributed by atoms with Crippen LogP contribution in [0.25, 0.3) is 11.4 Å². The van der Waals surface area contributed by atoms with Gasteiger partial charge in [0.25, 0.3) is 5.91 Å². The van der Waals surface area contributed by atoms with Crippen LogP contribution in [0.3, 0.4) is 0 Å². The fourth-order valence-corrected chi connectivity index (χ4v) is 3.95. The lowest BCUT2D eigenvalue weighted by Crippen LogP contribution is -2.46. The lowest BCUT2D eigenvalue weighted by Gasteiger charge is -2.33. The average Bonchev–Trinajstić information content (AvgIpc) is 3.43. The van der Waals surface area contributed by atoms with E-state index in [-0.39, 0.29) is 24.1 Å². The molecule has 1 aliphatic heterocycles. The smallest absolute Gasteiger partial charge is 0.326 e. The Kier molecular flexibility index (Phi) is 5.65. The van der Waals surface area contributed by atoms with Crippen molar-refractivity contribution in [2.24, 2.45) is 7.05 Å². The minimum absolute atomic E-state index is 0.0929. The van der Waals surface area contributed by atoms with Crippen molar-refractivity contribution in [3.8, 4) is 11.4 Å².